The van der Waals surface area contributed by atoms with E-state index in [9.17, 15) is 4.39 Å². The van der Waals surface area contributed by atoms with Crippen LogP contribution < -0.4 is 10.5 Å². The number of ether oxygens (including phenoxy) is 1. The molecule has 0 fully saturated rings. The van der Waals surface area contributed by atoms with Crippen LogP contribution in [0.1, 0.15) is 5.69 Å². The van der Waals surface area contributed by atoms with Gasteiger partial charge in [0.25, 0.3) is 0 Å². The lowest BCUT2D eigenvalue weighted by atomic mass is 10.2. The van der Waals surface area contributed by atoms with E-state index in [4.69, 9.17) is 15.7 Å². The van der Waals surface area contributed by atoms with Crippen LogP contribution in [-0.2, 0) is 0 Å². The highest BCUT2D eigenvalue weighted by molar-refractivity contribution is 5.97. The standard InChI is InChI=1S/C12H12FN3O2/c13-5-6-18-9-2-4-10-8(7-9)1-3-11(15-10)12(14)16-17/h1-4,7,17H,5-6H2,(H2,14,16). The quantitative estimate of drug-likeness (QED) is 0.374. The number of aromatic nitrogens is 1. The summed E-state index contributed by atoms with van der Waals surface area (Å²) in [6.45, 7) is -0.500. The second kappa shape index (κ2) is 5.31. The van der Waals surface area contributed by atoms with Crippen molar-refractivity contribution in [2.24, 2.45) is 10.9 Å². The molecule has 0 radical (unpaired) electrons. The summed E-state index contributed by atoms with van der Waals surface area (Å²) in [7, 11) is 0. The molecule has 1 heterocycles. The van der Waals surface area contributed by atoms with Crippen LogP contribution in [0.5, 0.6) is 5.75 Å². The van der Waals surface area contributed by atoms with Gasteiger partial charge < -0.3 is 15.7 Å². The van der Waals surface area contributed by atoms with Gasteiger partial charge >= 0.3 is 0 Å². The maximum atomic E-state index is 12.0. The van der Waals surface area contributed by atoms with E-state index < -0.39 is 6.67 Å². The fourth-order valence-electron chi connectivity index (χ4n) is 1.54. The fourth-order valence-corrected chi connectivity index (χ4v) is 1.54. The lowest BCUT2D eigenvalue weighted by Gasteiger charge is -2.05. The van der Waals surface area contributed by atoms with Crippen LogP contribution in [0.4, 0.5) is 4.39 Å². The molecule has 0 amide bonds. The van der Waals surface area contributed by atoms with Crippen LogP contribution in [0.15, 0.2) is 35.5 Å². The molecule has 18 heavy (non-hydrogen) atoms. The number of halogens is 1. The number of benzene rings is 1. The normalized spacial score (nSPS) is 11.7. The number of alkyl halides is 1. The molecule has 0 unspecified atom stereocenters. The van der Waals surface area contributed by atoms with E-state index in [1.165, 1.54) is 0 Å². The lowest BCUT2D eigenvalue weighted by Crippen LogP contribution is -2.14. The smallest absolute Gasteiger partial charge is 0.188 e. The third-order valence-electron chi connectivity index (χ3n) is 2.38. The van der Waals surface area contributed by atoms with Crippen molar-refractivity contribution in [1.82, 2.24) is 4.98 Å². The van der Waals surface area contributed by atoms with Crippen LogP contribution >= 0.6 is 0 Å². The van der Waals surface area contributed by atoms with Crippen molar-refractivity contribution in [3.63, 3.8) is 0 Å². The Balaban J connectivity index is 2.36. The number of rotatable bonds is 4. The van der Waals surface area contributed by atoms with Crippen LogP contribution in [0.2, 0.25) is 0 Å². The number of fused-ring (bicyclic) bond motifs is 1. The predicted octanol–water partition coefficient (Wildman–Crippen LogP) is 1.68. The van der Waals surface area contributed by atoms with Crippen molar-refractivity contribution in [2.45, 2.75) is 0 Å². The number of nitrogens with zero attached hydrogens (tertiary/aromatic N) is 2. The fraction of sp³-hybridized carbons (Fsp3) is 0.167. The minimum atomic E-state index is -0.529. The average molecular weight is 249 g/mol. The summed E-state index contributed by atoms with van der Waals surface area (Å²) in [6.07, 6.45) is 0. The Hall–Kier alpha value is -2.37. The van der Waals surface area contributed by atoms with E-state index in [2.05, 4.69) is 10.1 Å². The number of pyridine rings is 1. The van der Waals surface area contributed by atoms with Crippen molar-refractivity contribution in [3.05, 3.63) is 36.0 Å². The monoisotopic (exact) mass is 249 g/mol. The van der Waals surface area contributed by atoms with Crippen LogP contribution in [0.25, 0.3) is 10.9 Å². The van der Waals surface area contributed by atoms with Gasteiger partial charge in [0.1, 0.15) is 24.7 Å². The van der Waals surface area contributed by atoms with Crippen molar-refractivity contribution in [3.8, 4) is 5.75 Å². The van der Waals surface area contributed by atoms with E-state index in [1.807, 2.05) is 0 Å². The largest absolute Gasteiger partial charge is 0.491 e. The number of oxime groups is 1. The molecule has 3 N–H and O–H groups in total. The van der Waals surface area contributed by atoms with Crippen LogP contribution in [0, 0.1) is 0 Å². The second-order valence-electron chi connectivity index (χ2n) is 3.57. The predicted molar refractivity (Wildman–Crippen MR) is 65.7 cm³/mol. The molecule has 0 bridgehead atoms. The molecule has 0 aliphatic carbocycles. The molecule has 2 rings (SSSR count). The van der Waals surface area contributed by atoms with Crippen molar-refractivity contribution in [2.75, 3.05) is 13.3 Å². The zero-order valence-electron chi connectivity index (χ0n) is 9.51. The maximum Gasteiger partial charge on any atom is 0.188 e. The molecule has 5 nitrogen and oxygen atoms in total. The highest BCUT2D eigenvalue weighted by Gasteiger charge is 2.04. The highest BCUT2D eigenvalue weighted by atomic mass is 19.1. The van der Waals surface area contributed by atoms with Gasteiger partial charge in [-0.1, -0.05) is 11.2 Å². The summed E-state index contributed by atoms with van der Waals surface area (Å²) >= 11 is 0. The summed E-state index contributed by atoms with van der Waals surface area (Å²) < 4.78 is 17.2. The van der Waals surface area contributed by atoms with Gasteiger partial charge in [0.05, 0.1) is 5.52 Å². The third kappa shape index (κ3) is 2.48. The van der Waals surface area contributed by atoms with Crippen LogP contribution in [0.3, 0.4) is 0 Å². The minimum Gasteiger partial charge on any atom is -0.491 e. The highest BCUT2D eigenvalue weighted by Crippen LogP contribution is 2.19. The summed E-state index contributed by atoms with van der Waals surface area (Å²) in [5.41, 5.74) is 6.53. The SMILES string of the molecule is N/C(=N\O)c1ccc2cc(OCCF)ccc2n1. The lowest BCUT2D eigenvalue weighted by molar-refractivity contribution is 0.273. The first kappa shape index (κ1) is 12.1. The van der Waals surface area contributed by atoms with Crippen LogP contribution in [-0.4, -0.2) is 29.3 Å². The molecule has 0 aliphatic rings. The van der Waals surface area contributed by atoms with Gasteiger partial charge in [-0.25, -0.2) is 9.37 Å². The maximum absolute atomic E-state index is 12.0. The molecule has 1 aromatic carbocycles. The van der Waals surface area contributed by atoms with Gasteiger partial charge in [-0.2, -0.15) is 0 Å². The summed E-state index contributed by atoms with van der Waals surface area (Å²) in [5, 5.41) is 12.3. The van der Waals surface area contributed by atoms with Gasteiger partial charge in [0.15, 0.2) is 5.84 Å². The number of hydrogen-bond donors (Lipinski definition) is 2. The van der Waals surface area contributed by atoms with Gasteiger partial charge in [0.2, 0.25) is 0 Å². The Bertz CT molecular complexity index is 587. The average Bonchev–Trinajstić information content (AvgIpc) is 2.43. The molecule has 0 atom stereocenters. The van der Waals surface area contributed by atoms with E-state index in [0.29, 0.717) is 17.0 Å². The molecule has 0 saturated carbocycles. The molecule has 6 heteroatoms. The first-order valence-electron chi connectivity index (χ1n) is 5.32. The first-order chi connectivity index (χ1) is 8.74. The number of nitrogens with two attached hydrogens (primary N) is 1. The first-order valence-corrected chi connectivity index (χ1v) is 5.32. The Morgan fingerprint density at radius 1 is 1.39 bits per heavy atom. The minimum absolute atomic E-state index is 0.0289. The Kier molecular flexibility index (Phi) is 3.57. The molecule has 0 spiro atoms. The molecule has 94 valence electrons. The van der Waals surface area contributed by atoms with Gasteiger partial charge in [0, 0.05) is 5.39 Å². The number of amidine groups is 1. The molecule has 0 saturated heterocycles. The van der Waals surface area contributed by atoms with Gasteiger partial charge in [-0.05, 0) is 24.3 Å². The summed E-state index contributed by atoms with van der Waals surface area (Å²) in [4.78, 5) is 4.22. The van der Waals surface area contributed by atoms with E-state index in [0.717, 1.165) is 5.39 Å². The molecule has 0 aliphatic heterocycles. The van der Waals surface area contributed by atoms with Gasteiger partial charge in [-0.3, -0.25) is 0 Å². The Labute approximate surface area is 103 Å². The zero-order valence-corrected chi connectivity index (χ0v) is 9.51. The zero-order chi connectivity index (χ0) is 13.0. The molecular formula is C12H12FN3O2. The van der Waals surface area contributed by atoms with E-state index in [1.54, 1.807) is 30.3 Å². The van der Waals surface area contributed by atoms with Gasteiger partial charge in [-0.15, -0.1) is 0 Å². The molecular weight excluding hydrogens is 237 g/mol. The Morgan fingerprint density at radius 3 is 2.94 bits per heavy atom. The number of hydrogen-bond acceptors (Lipinski definition) is 4. The summed E-state index contributed by atoms with van der Waals surface area (Å²) in [6, 6.07) is 8.60. The Morgan fingerprint density at radius 2 is 2.22 bits per heavy atom. The van der Waals surface area contributed by atoms with E-state index >= 15 is 0 Å². The van der Waals surface area contributed by atoms with Crippen molar-refractivity contribution in [1.29, 1.82) is 0 Å². The van der Waals surface area contributed by atoms with Crippen molar-refractivity contribution >= 4 is 16.7 Å². The molecule has 1 aromatic heterocycles. The topological polar surface area (TPSA) is 80.7 Å². The summed E-state index contributed by atoms with van der Waals surface area (Å²) in [5.74, 6) is 0.535. The third-order valence-corrected chi connectivity index (χ3v) is 2.38. The van der Waals surface area contributed by atoms with E-state index in [-0.39, 0.29) is 12.4 Å². The van der Waals surface area contributed by atoms with Crippen molar-refractivity contribution < 1.29 is 14.3 Å². The molecule has 2 aromatic rings. The second-order valence-corrected chi connectivity index (χ2v) is 3.57.